The maximum absolute atomic E-state index is 13.1. The number of aryl methyl sites for hydroxylation is 1. The Labute approximate surface area is 202 Å². The third-order valence-corrected chi connectivity index (χ3v) is 7.21. The van der Waals surface area contributed by atoms with Crippen molar-refractivity contribution in [3.63, 3.8) is 0 Å². The quantitative estimate of drug-likeness (QED) is 0.446. The largest absolute Gasteiger partial charge is 0.366 e. The molecule has 1 saturated heterocycles. The van der Waals surface area contributed by atoms with Crippen LogP contribution < -0.4 is 10.9 Å². The number of halogens is 1. The van der Waals surface area contributed by atoms with Gasteiger partial charge in [-0.3, -0.25) is 14.9 Å². The Morgan fingerprint density at radius 1 is 1.03 bits per heavy atom. The predicted octanol–water partition coefficient (Wildman–Crippen LogP) is 4.88. The van der Waals surface area contributed by atoms with Crippen molar-refractivity contribution >= 4 is 28.1 Å². The van der Waals surface area contributed by atoms with Crippen molar-refractivity contribution < 1.29 is 4.74 Å². The van der Waals surface area contributed by atoms with Crippen molar-refractivity contribution in [2.24, 2.45) is 0 Å². The first-order chi connectivity index (χ1) is 16.5. The van der Waals surface area contributed by atoms with Crippen LogP contribution in [0.25, 0.3) is 33.3 Å². The van der Waals surface area contributed by atoms with Gasteiger partial charge >= 0.3 is 0 Å². The van der Waals surface area contributed by atoms with Crippen molar-refractivity contribution in [3.8, 4) is 16.8 Å². The minimum Gasteiger partial charge on any atom is -0.366 e. The molecule has 0 aliphatic carbocycles. The zero-order valence-electron chi connectivity index (χ0n) is 18.9. The van der Waals surface area contributed by atoms with E-state index in [2.05, 4.69) is 45.7 Å². The number of H-pyrrole nitrogens is 1. The number of aromatic nitrogens is 3. The molecular weight excluding hydrogens is 448 g/mol. The van der Waals surface area contributed by atoms with Crippen LogP contribution >= 0.6 is 11.6 Å². The average Bonchev–Trinajstić information content (AvgIpc) is 3.41. The molecular formula is C27H25ClN4O2. The Balaban J connectivity index is 1.39. The number of hydrogen-bond donors (Lipinski definition) is 2. The molecule has 2 N–H and O–H groups in total. The summed E-state index contributed by atoms with van der Waals surface area (Å²) in [6, 6.07) is 15.7. The van der Waals surface area contributed by atoms with Crippen LogP contribution in [0.4, 0.5) is 0 Å². The number of rotatable bonds is 3. The smallest absolute Gasteiger partial charge is 0.280 e. The summed E-state index contributed by atoms with van der Waals surface area (Å²) in [5.74, 6) is 0. The van der Waals surface area contributed by atoms with Gasteiger partial charge in [-0.15, -0.1) is 0 Å². The van der Waals surface area contributed by atoms with E-state index in [4.69, 9.17) is 16.3 Å². The van der Waals surface area contributed by atoms with E-state index in [0.29, 0.717) is 17.0 Å². The third-order valence-electron chi connectivity index (χ3n) is 6.96. The van der Waals surface area contributed by atoms with Gasteiger partial charge in [0.05, 0.1) is 28.8 Å². The first-order valence-electron chi connectivity index (χ1n) is 11.6. The summed E-state index contributed by atoms with van der Waals surface area (Å²) in [5.41, 5.74) is 6.47. The molecule has 0 amide bonds. The van der Waals surface area contributed by atoms with Crippen molar-refractivity contribution in [1.82, 2.24) is 20.1 Å². The number of ether oxygens (including phenoxy) is 1. The molecule has 4 heterocycles. The first-order valence-corrected chi connectivity index (χ1v) is 11.9. The van der Waals surface area contributed by atoms with E-state index in [1.54, 1.807) is 23.0 Å². The normalized spacial score (nSPS) is 17.4. The third kappa shape index (κ3) is 3.59. The lowest BCUT2D eigenvalue weighted by atomic mass is 9.90. The number of nitrogens with zero attached hydrogens (tertiary/aromatic N) is 2. The molecule has 2 aromatic heterocycles. The zero-order valence-corrected chi connectivity index (χ0v) is 19.7. The van der Waals surface area contributed by atoms with Crippen LogP contribution in [-0.4, -0.2) is 40.1 Å². The first kappa shape index (κ1) is 21.4. The van der Waals surface area contributed by atoms with Crippen LogP contribution in [0.5, 0.6) is 0 Å². The van der Waals surface area contributed by atoms with Crippen molar-refractivity contribution in [2.45, 2.75) is 25.4 Å². The molecule has 34 heavy (non-hydrogen) atoms. The Morgan fingerprint density at radius 2 is 1.74 bits per heavy atom. The number of benzene rings is 2. The highest BCUT2D eigenvalue weighted by Gasteiger charge is 2.35. The molecule has 2 aliphatic rings. The lowest BCUT2D eigenvalue weighted by Crippen LogP contribution is -2.40. The van der Waals surface area contributed by atoms with Crippen molar-refractivity contribution in [1.29, 1.82) is 0 Å². The maximum atomic E-state index is 13.1. The molecule has 1 fully saturated rings. The summed E-state index contributed by atoms with van der Waals surface area (Å²) in [6.07, 6.45) is 5.99. The Hall–Kier alpha value is -3.19. The summed E-state index contributed by atoms with van der Waals surface area (Å²) in [7, 11) is 0. The molecule has 2 aliphatic heterocycles. The number of piperidine rings is 1. The fourth-order valence-electron chi connectivity index (χ4n) is 5.07. The molecule has 172 valence electrons. The van der Waals surface area contributed by atoms with Gasteiger partial charge in [0.2, 0.25) is 0 Å². The highest BCUT2D eigenvalue weighted by Crippen LogP contribution is 2.37. The van der Waals surface area contributed by atoms with E-state index in [1.165, 1.54) is 11.1 Å². The van der Waals surface area contributed by atoms with Crippen LogP contribution in [-0.2, 0) is 4.74 Å². The fourth-order valence-corrected chi connectivity index (χ4v) is 5.20. The van der Waals surface area contributed by atoms with Gasteiger partial charge in [0.1, 0.15) is 0 Å². The summed E-state index contributed by atoms with van der Waals surface area (Å²) in [6.45, 7) is 4.60. The Kier molecular flexibility index (Phi) is 5.17. The topological polar surface area (TPSA) is 71.9 Å². The molecule has 6 nitrogen and oxygen atoms in total. The molecule has 2 aromatic carbocycles. The molecule has 0 unspecified atom stereocenters. The minimum atomic E-state index is -0.136. The maximum Gasteiger partial charge on any atom is 0.280 e. The van der Waals surface area contributed by atoms with E-state index >= 15 is 0 Å². The summed E-state index contributed by atoms with van der Waals surface area (Å²) >= 11 is 6.02. The summed E-state index contributed by atoms with van der Waals surface area (Å²) in [4.78, 5) is 17.6. The Morgan fingerprint density at radius 3 is 2.47 bits per heavy atom. The Bertz CT molecular complexity index is 1460. The molecule has 0 saturated carbocycles. The van der Waals surface area contributed by atoms with Crippen LogP contribution in [0.2, 0.25) is 5.02 Å². The lowest BCUT2D eigenvalue weighted by molar-refractivity contribution is 0.00381. The number of fused-ring (bicyclic) bond motifs is 1. The van der Waals surface area contributed by atoms with Crippen molar-refractivity contribution in [3.05, 3.63) is 87.4 Å². The standard InChI is InChI=1S/C27H25ClN4O2/c1-17-24(25-23(15-30-17)26(33)32(31-25)22-8-6-21(28)7-9-22)19-4-2-18(3-5-19)20-14-27(34-16-20)10-12-29-13-11-27/h2-9,14-15,29,31H,10-13,16H2,1H3. The second kappa shape index (κ2) is 8.24. The summed E-state index contributed by atoms with van der Waals surface area (Å²) in [5, 5.41) is 7.89. The SMILES string of the molecule is Cc1ncc2c(=O)n(-c3ccc(Cl)cc3)[nH]c2c1-c1ccc(C2=CC3(CCNCC3)OC2)cc1. The molecule has 4 aromatic rings. The van der Waals surface area contributed by atoms with E-state index in [9.17, 15) is 4.79 Å². The van der Waals surface area contributed by atoms with Gasteiger partial charge in [-0.05, 0) is 79.9 Å². The van der Waals surface area contributed by atoms with Crippen molar-refractivity contribution in [2.75, 3.05) is 19.7 Å². The van der Waals surface area contributed by atoms with Crippen LogP contribution in [0.1, 0.15) is 24.1 Å². The predicted molar refractivity (Wildman–Crippen MR) is 136 cm³/mol. The van der Waals surface area contributed by atoms with Gasteiger partial charge in [0.25, 0.3) is 5.56 Å². The molecule has 0 bridgehead atoms. The van der Waals surface area contributed by atoms with E-state index in [-0.39, 0.29) is 11.2 Å². The minimum absolute atomic E-state index is 0.116. The lowest BCUT2D eigenvalue weighted by Gasteiger charge is -2.31. The fraction of sp³-hybridized carbons (Fsp3) is 0.259. The second-order valence-electron chi connectivity index (χ2n) is 9.09. The highest BCUT2D eigenvalue weighted by molar-refractivity contribution is 6.30. The average molecular weight is 473 g/mol. The number of pyridine rings is 1. The van der Waals surface area contributed by atoms with Gasteiger partial charge < -0.3 is 10.1 Å². The van der Waals surface area contributed by atoms with E-state index in [1.807, 2.05) is 19.1 Å². The molecule has 1 spiro atoms. The van der Waals surface area contributed by atoms with Crippen LogP contribution in [0.15, 0.2) is 65.6 Å². The van der Waals surface area contributed by atoms with E-state index in [0.717, 1.165) is 54.0 Å². The molecule has 7 heteroatoms. The number of aromatic amines is 1. The van der Waals surface area contributed by atoms with Gasteiger partial charge in [0, 0.05) is 22.5 Å². The summed E-state index contributed by atoms with van der Waals surface area (Å²) < 4.78 is 7.75. The zero-order chi connectivity index (χ0) is 23.3. The van der Waals surface area contributed by atoms with Gasteiger partial charge in [0.15, 0.2) is 0 Å². The van der Waals surface area contributed by atoms with Crippen LogP contribution in [0, 0.1) is 6.92 Å². The molecule has 0 radical (unpaired) electrons. The second-order valence-corrected chi connectivity index (χ2v) is 9.52. The van der Waals surface area contributed by atoms with Gasteiger partial charge in [-0.1, -0.05) is 35.9 Å². The number of hydrogen-bond acceptors (Lipinski definition) is 4. The molecule has 0 atom stereocenters. The highest BCUT2D eigenvalue weighted by atomic mass is 35.5. The van der Waals surface area contributed by atoms with Gasteiger partial charge in [-0.25, -0.2) is 4.68 Å². The molecule has 6 rings (SSSR count). The monoisotopic (exact) mass is 472 g/mol. The van der Waals surface area contributed by atoms with Crippen LogP contribution in [0.3, 0.4) is 0 Å². The number of nitrogens with one attached hydrogen (secondary N) is 2. The van der Waals surface area contributed by atoms with Gasteiger partial charge in [-0.2, -0.15) is 0 Å². The van der Waals surface area contributed by atoms with E-state index < -0.39 is 0 Å².